The highest BCUT2D eigenvalue weighted by Gasteiger charge is 2.13. The Hall–Kier alpha value is -5.71. The van der Waals surface area contributed by atoms with Crippen LogP contribution >= 0.6 is 0 Å². The number of hydrogen-bond donors (Lipinski definition) is 6. The van der Waals surface area contributed by atoms with Gasteiger partial charge in [0.1, 0.15) is 11.5 Å². The number of anilines is 6. The van der Waals surface area contributed by atoms with Crippen molar-refractivity contribution in [3.63, 3.8) is 0 Å². The fraction of sp³-hybridized carbons (Fsp3) is 0.0690. The number of amides is 6. The molecular weight excluding hydrogens is 512 g/mol. The minimum atomic E-state index is -0.574. The zero-order chi connectivity index (χ0) is 28.3. The van der Waals surface area contributed by atoms with Crippen molar-refractivity contribution in [3.8, 4) is 11.5 Å². The molecule has 40 heavy (non-hydrogen) atoms. The molecule has 0 fully saturated rings. The van der Waals surface area contributed by atoms with Crippen molar-refractivity contribution in [3.05, 3.63) is 97.1 Å². The highest BCUT2D eigenvalue weighted by atomic mass is 16.5. The molecule has 4 aromatic rings. The topological polar surface area (TPSA) is 142 Å². The third-order valence-electron chi connectivity index (χ3n) is 5.54. The zero-order valence-corrected chi connectivity index (χ0v) is 21.8. The Labute approximate surface area is 230 Å². The number of methoxy groups -OCH3 is 2. The average molecular weight is 541 g/mol. The van der Waals surface area contributed by atoms with Crippen LogP contribution in [0.25, 0.3) is 0 Å². The Bertz CT molecular complexity index is 1360. The van der Waals surface area contributed by atoms with Gasteiger partial charge in [0.25, 0.3) is 0 Å². The summed E-state index contributed by atoms with van der Waals surface area (Å²) >= 11 is 0. The molecule has 0 aliphatic rings. The molecule has 11 heteroatoms. The summed E-state index contributed by atoms with van der Waals surface area (Å²) in [5, 5.41) is 16.4. The van der Waals surface area contributed by atoms with Gasteiger partial charge in [-0.2, -0.15) is 0 Å². The Balaban J connectivity index is 1.36. The number of carbonyl (C=O) groups excluding carboxylic acids is 3. The molecule has 0 aliphatic heterocycles. The highest BCUT2D eigenvalue weighted by molar-refractivity contribution is 6.08. The second-order valence-electron chi connectivity index (χ2n) is 8.29. The van der Waals surface area contributed by atoms with Crippen molar-refractivity contribution >= 4 is 52.2 Å². The Morgan fingerprint density at radius 3 is 0.975 bits per heavy atom. The van der Waals surface area contributed by atoms with Crippen LogP contribution in [0.2, 0.25) is 0 Å². The largest absolute Gasteiger partial charge is 0.497 e. The molecule has 204 valence electrons. The normalized spacial score (nSPS) is 10.1. The van der Waals surface area contributed by atoms with Gasteiger partial charge in [-0.1, -0.05) is 24.3 Å². The van der Waals surface area contributed by atoms with Gasteiger partial charge >= 0.3 is 18.1 Å². The quantitative estimate of drug-likeness (QED) is 0.149. The first kappa shape index (κ1) is 27.3. The lowest BCUT2D eigenvalue weighted by atomic mass is 10.2. The van der Waals surface area contributed by atoms with Crippen LogP contribution in [-0.2, 0) is 0 Å². The summed E-state index contributed by atoms with van der Waals surface area (Å²) < 4.78 is 10.2. The number of benzene rings is 4. The van der Waals surface area contributed by atoms with E-state index >= 15 is 0 Å². The molecule has 4 aromatic carbocycles. The van der Waals surface area contributed by atoms with E-state index in [1.807, 2.05) is 0 Å². The number of para-hydroxylation sites is 4. The molecule has 0 aliphatic carbocycles. The van der Waals surface area contributed by atoms with E-state index in [1.54, 1.807) is 111 Å². The number of carbonyl (C=O) groups is 3. The zero-order valence-electron chi connectivity index (χ0n) is 21.8. The smallest absolute Gasteiger partial charge is 0.323 e. The fourth-order valence-electron chi connectivity index (χ4n) is 3.60. The van der Waals surface area contributed by atoms with E-state index < -0.39 is 18.1 Å². The lowest BCUT2D eigenvalue weighted by Gasteiger charge is -2.15. The third-order valence-corrected chi connectivity index (χ3v) is 5.54. The molecule has 0 saturated heterocycles. The van der Waals surface area contributed by atoms with Gasteiger partial charge < -0.3 is 41.4 Å². The van der Waals surface area contributed by atoms with E-state index in [9.17, 15) is 14.4 Å². The van der Waals surface area contributed by atoms with Crippen molar-refractivity contribution in [2.45, 2.75) is 0 Å². The van der Waals surface area contributed by atoms with Crippen molar-refractivity contribution < 1.29 is 23.9 Å². The van der Waals surface area contributed by atoms with E-state index in [2.05, 4.69) is 31.9 Å². The third kappa shape index (κ3) is 7.65. The molecule has 6 amide bonds. The fourth-order valence-corrected chi connectivity index (χ4v) is 3.60. The molecule has 0 unspecified atom stereocenters. The van der Waals surface area contributed by atoms with E-state index in [1.165, 1.54) is 0 Å². The Morgan fingerprint density at radius 2 is 0.700 bits per heavy atom. The minimum Gasteiger partial charge on any atom is -0.497 e. The highest BCUT2D eigenvalue weighted by Crippen LogP contribution is 2.25. The van der Waals surface area contributed by atoms with Crippen LogP contribution in [0, 0.1) is 0 Å². The number of urea groups is 3. The minimum absolute atomic E-state index is 0.368. The van der Waals surface area contributed by atoms with E-state index in [-0.39, 0.29) is 0 Å². The molecule has 0 atom stereocenters. The maximum absolute atomic E-state index is 12.9. The van der Waals surface area contributed by atoms with Gasteiger partial charge in [0.05, 0.1) is 37.0 Å². The van der Waals surface area contributed by atoms with E-state index in [4.69, 9.17) is 9.47 Å². The summed E-state index contributed by atoms with van der Waals surface area (Å²) in [5.41, 5.74) is 2.64. The van der Waals surface area contributed by atoms with E-state index in [0.29, 0.717) is 45.6 Å². The lowest BCUT2D eigenvalue weighted by Crippen LogP contribution is -2.24. The van der Waals surface area contributed by atoms with Crippen LogP contribution < -0.4 is 41.4 Å². The van der Waals surface area contributed by atoms with Crippen LogP contribution in [0.1, 0.15) is 0 Å². The summed E-state index contributed by atoms with van der Waals surface area (Å²) in [6.07, 6.45) is 0. The van der Waals surface area contributed by atoms with Crippen molar-refractivity contribution in [2.75, 3.05) is 46.1 Å². The Kier molecular flexibility index (Phi) is 9.01. The molecular formula is C29H28N6O5. The van der Waals surface area contributed by atoms with Gasteiger partial charge in [-0.3, -0.25) is 0 Å². The molecule has 0 aromatic heterocycles. The monoisotopic (exact) mass is 540 g/mol. The van der Waals surface area contributed by atoms with Crippen LogP contribution in [0.5, 0.6) is 11.5 Å². The van der Waals surface area contributed by atoms with Crippen molar-refractivity contribution in [1.29, 1.82) is 0 Å². The number of nitrogens with one attached hydrogen (secondary N) is 6. The van der Waals surface area contributed by atoms with Crippen LogP contribution in [-0.4, -0.2) is 32.3 Å². The van der Waals surface area contributed by atoms with Gasteiger partial charge in [0.15, 0.2) is 0 Å². The van der Waals surface area contributed by atoms with E-state index in [0.717, 1.165) is 0 Å². The number of hydrogen-bond acceptors (Lipinski definition) is 5. The van der Waals surface area contributed by atoms with Gasteiger partial charge in [-0.15, -0.1) is 0 Å². The number of ether oxygens (including phenoxy) is 2. The molecule has 0 saturated carbocycles. The van der Waals surface area contributed by atoms with Gasteiger partial charge in [-0.05, 0) is 72.8 Å². The van der Waals surface area contributed by atoms with Crippen molar-refractivity contribution in [2.24, 2.45) is 0 Å². The summed E-state index contributed by atoms with van der Waals surface area (Å²) in [4.78, 5) is 37.9. The van der Waals surface area contributed by atoms with Crippen LogP contribution in [0.4, 0.5) is 48.5 Å². The van der Waals surface area contributed by atoms with Crippen LogP contribution in [0.15, 0.2) is 97.1 Å². The summed E-state index contributed by atoms with van der Waals surface area (Å²) in [5.74, 6) is 1.34. The van der Waals surface area contributed by atoms with Gasteiger partial charge in [-0.25, -0.2) is 14.4 Å². The second kappa shape index (κ2) is 13.2. The summed E-state index contributed by atoms with van der Waals surface area (Å²) in [6.45, 7) is 0. The molecule has 0 spiro atoms. The SMILES string of the molecule is COc1ccc(NC(=O)Nc2ccccc2NC(=O)Nc2ccccc2NC(=O)Nc2ccc(OC)cc2)cc1. The molecule has 0 radical (unpaired) electrons. The second-order valence-corrected chi connectivity index (χ2v) is 8.29. The predicted molar refractivity (Wildman–Crippen MR) is 157 cm³/mol. The molecule has 6 N–H and O–H groups in total. The first-order valence-electron chi connectivity index (χ1n) is 12.1. The molecule has 11 nitrogen and oxygen atoms in total. The number of rotatable bonds is 8. The molecule has 0 heterocycles. The van der Waals surface area contributed by atoms with Gasteiger partial charge in [0, 0.05) is 11.4 Å². The Morgan fingerprint density at radius 1 is 0.425 bits per heavy atom. The maximum Gasteiger partial charge on any atom is 0.323 e. The maximum atomic E-state index is 12.9. The molecule has 4 rings (SSSR count). The lowest BCUT2D eigenvalue weighted by molar-refractivity contribution is 0.261. The predicted octanol–water partition coefficient (Wildman–Crippen LogP) is 6.64. The summed E-state index contributed by atoms with van der Waals surface area (Å²) in [7, 11) is 3.12. The van der Waals surface area contributed by atoms with Gasteiger partial charge in [0.2, 0.25) is 0 Å². The van der Waals surface area contributed by atoms with Crippen LogP contribution in [0.3, 0.4) is 0 Å². The summed E-state index contributed by atoms with van der Waals surface area (Å²) in [6, 6.07) is 25.7. The average Bonchev–Trinajstić information content (AvgIpc) is 2.96. The molecule has 0 bridgehead atoms. The van der Waals surface area contributed by atoms with Crippen molar-refractivity contribution in [1.82, 2.24) is 0 Å². The standard InChI is InChI=1S/C29H28N6O5/c1-39-21-15-11-19(12-16-21)30-27(36)32-23-7-3-5-9-25(23)34-29(38)35-26-10-6-4-8-24(26)33-28(37)31-20-13-17-22(40-2)18-14-20/h3-18H,1-2H3,(H2,30,32,36)(H2,31,33,37)(H2,34,35,38). The first-order chi connectivity index (χ1) is 19.4. The first-order valence-corrected chi connectivity index (χ1v) is 12.1.